The number of rotatable bonds is 1. The van der Waals surface area contributed by atoms with Gasteiger partial charge >= 0.3 is 0 Å². The Morgan fingerprint density at radius 2 is 1.69 bits per heavy atom. The topological polar surface area (TPSA) is 32.3 Å². The summed E-state index contributed by atoms with van der Waals surface area (Å²) in [6, 6.07) is 8.11. The molecule has 2 unspecified atom stereocenters. The number of aliphatic hydroxyl groups is 1. The lowest BCUT2D eigenvalue weighted by Gasteiger charge is -2.24. The summed E-state index contributed by atoms with van der Waals surface area (Å²) in [5, 5.41) is 14.1. The molecule has 3 heteroatoms. The second-order valence-electron chi connectivity index (χ2n) is 5.13. The molecule has 1 aliphatic heterocycles. The van der Waals surface area contributed by atoms with Crippen LogP contribution in [0.25, 0.3) is 0 Å². The summed E-state index contributed by atoms with van der Waals surface area (Å²) < 4.78 is 1.07. The van der Waals surface area contributed by atoms with Crippen molar-refractivity contribution in [1.82, 2.24) is 5.32 Å². The van der Waals surface area contributed by atoms with Gasteiger partial charge in [-0.15, -0.1) is 0 Å². The minimum Gasteiger partial charge on any atom is -0.385 e. The molecule has 0 radical (unpaired) electrons. The van der Waals surface area contributed by atoms with Gasteiger partial charge in [-0.1, -0.05) is 28.1 Å². The highest BCUT2D eigenvalue weighted by Crippen LogP contribution is 2.47. The summed E-state index contributed by atoms with van der Waals surface area (Å²) in [5.41, 5.74) is 0.489. The second-order valence-corrected chi connectivity index (χ2v) is 6.04. The zero-order valence-corrected chi connectivity index (χ0v) is 10.7. The Labute approximate surface area is 104 Å². The van der Waals surface area contributed by atoms with Gasteiger partial charge in [0.05, 0.1) is 5.60 Å². The van der Waals surface area contributed by atoms with Crippen molar-refractivity contribution in [2.24, 2.45) is 11.8 Å². The van der Waals surface area contributed by atoms with E-state index in [9.17, 15) is 5.11 Å². The van der Waals surface area contributed by atoms with E-state index in [0.29, 0.717) is 11.8 Å². The lowest BCUT2D eigenvalue weighted by molar-refractivity contribution is 0.0358. The summed E-state index contributed by atoms with van der Waals surface area (Å²) in [5.74, 6) is 1.32. The Hall–Kier alpha value is -0.380. The van der Waals surface area contributed by atoms with Crippen molar-refractivity contribution >= 4 is 15.9 Å². The average molecular weight is 282 g/mol. The predicted molar refractivity (Wildman–Crippen MR) is 67.1 cm³/mol. The van der Waals surface area contributed by atoms with Crippen molar-refractivity contribution in [2.45, 2.75) is 18.4 Å². The molecule has 0 amide bonds. The third-order valence-electron chi connectivity index (χ3n) is 4.06. The summed E-state index contributed by atoms with van der Waals surface area (Å²) in [4.78, 5) is 0. The number of halogens is 1. The van der Waals surface area contributed by atoms with Crippen LogP contribution in [-0.2, 0) is 5.60 Å². The van der Waals surface area contributed by atoms with E-state index in [-0.39, 0.29) is 0 Å². The Morgan fingerprint density at radius 3 is 2.25 bits per heavy atom. The van der Waals surface area contributed by atoms with E-state index in [1.807, 2.05) is 24.3 Å². The van der Waals surface area contributed by atoms with Crippen LogP contribution >= 0.6 is 15.9 Å². The summed E-state index contributed by atoms with van der Waals surface area (Å²) in [7, 11) is 0. The van der Waals surface area contributed by atoms with E-state index in [1.54, 1.807) is 0 Å². The van der Waals surface area contributed by atoms with Crippen LogP contribution in [0.2, 0.25) is 0 Å². The van der Waals surface area contributed by atoms with E-state index in [4.69, 9.17) is 0 Å². The maximum atomic E-state index is 10.7. The molecule has 2 N–H and O–H groups in total. The second kappa shape index (κ2) is 3.83. The number of hydrogen-bond donors (Lipinski definition) is 2. The fourth-order valence-corrected chi connectivity index (χ4v) is 3.48. The highest BCUT2D eigenvalue weighted by molar-refractivity contribution is 9.10. The maximum absolute atomic E-state index is 10.7. The van der Waals surface area contributed by atoms with E-state index >= 15 is 0 Å². The van der Waals surface area contributed by atoms with Gasteiger partial charge in [-0.05, 0) is 55.5 Å². The molecule has 86 valence electrons. The van der Waals surface area contributed by atoms with Gasteiger partial charge in [0.2, 0.25) is 0 Å². The molecule has 1 saturated carbocycles. The highest BCUT2D eigenvalue weighted by Gasteiger charge is 2.46. The molecular weight excluding hydrogens is 266 g/mol. The van der Waals surface area contributed by atoms with Crippen molar-refractivity contribution < 1.29 is 5.11 Å². The summed E-state index contributed by atoms with van der Waals surface area (Å²) in [6.07, 6.45) is 1.82. The Balaban J connectivity index is 1.86. The van der Waals surface area contributed by atoms with Crippen LogP contribution in [0.4, 0.5) is 0 Å². The van der Waals surface area contributed by atoms with Gasteiger partial charge in [-0.2, -0.15) is 0 Å². The van der Waals surface area contributed by atoms with Crippen LogP contribution < -0.4 is 5.32 Å². The smallest absolute Gasteiger partial charge is 0.0903 e. The molecule has 2 fully saturated rings. The fourth-order valence-electron chi connectivity index (χ4n) is 3.21. The van der Waals surface area contributed by atoms with Gasteiger partial charge in [-0.25, -0.2) is 0 Å². The quantitative estimate of drug-likeness (QED) is 0.828. The summed E-state index contributed by atoms with van der Waals surface area (Å²) >= 11 is 3.43. The Morgan fingerprint density at radius 1 is 1.12 bits per heavy atom. The Kier molecular flexibility index (Phi) is 2.57. The molecule has 2 nitrogen and oxygen atoms in total. The molecule has 16 heavy (non-hydrogen) atoms. The third-order valence-corrected chi connectivity index (χ3v) is 4.59. The van der Waals surface area contributed by atoms with Crippen LogP contribution in [-0.4, -0.2) is 18.2 Å². The minimum absolute atomic E-state index is 0.585. The monoisotopic (exact) mass is 281 g/mol. The van der Waals surface area contributed by atoms with Crippen LogP contribution in [0.3, 0.4) is 0 Å². The van der Waals surface area contributed by atoms with Crippen molar-refractivity contribution in [3.63, 3.8) is 0 Å². The van der Waals surface area contributed by atoms with E-state index in [1.165, 1.54) is 0 Å². The molecule has 1 saturated heterocycles. The fraction of sp³-hybridized carbons (Fsp3) is 0.538. The molecule has 2 aliphatic rings. The van der Waals surface area contributed by atoms with Crippen LogP contribution in [0.1, 0.15) is 18.4 Å². The van der Waals surface area contributed by atoms with Crippen molar-refractivity contribution in [2.75, 3.05) is 13.1 Å². The van der Waals surface area contributed by atoms with Crippen molar-refractivity contribution in [3.8, 4) is 0 Å². The first kappa shape index (κ1) is 10.8. The lowest BCUT2D eigenvalue weighted by Crippen LogP contribution is -2.25. The van der Waals surface area contributed by atoms with E-state index in [2.05, 4.69) is 21.2 Å². The molecule has 0 spiro atoms. The average Bonchev–Trinajstić information content (AvgIpc) is 2.77. The normalized spacial score (nSPS) is 37.6. The number of hydrogen-bond acceptors (Lipinski definition) is 2. The van der Waals surface area contributed by atoms with Gasteiger partial charge in [0.15, 0.2) is 0 Å². The third kappa shape index (κ3) is 1.71. The van der Waals surface area contributed by atoms with E-state index < -0.39 is 5.60 Å². The van der Waals surface area contributed by atoms with Gasteiger partial charge in [-0.3, -0.25) is 0 Å². The first-order valence-corrected chi connectivity index (χ1v) is 6.66. The minimum atomic E-state index is -0.585. The number of benzene rings is 1. The molecule has 0 bridgehead atoms. The maximum Gasteiger partial charge on any atom is 0.0903 e. The SMILES string of the molecule is OC1(c2ccc(Br)cc2)CC2CNCC2C1. The molecule has 1 heterocycles. The molecule has 1 aromatic rings. The van der Waals surface area contributed by atoms with Crippen LogP contribution in [0.15, 0.2) is 28.7 Å². The van der Waals surface area contributed by atoms with Gasteiger partial charge in [0.1, 0.15) is 0 Å². The predicted octanol–water partition coefficient (Wildman–Crippen LogP) is 2.27. The van der Waals surface area contributed by atoms with Gasteiger partial charge in [0, 0.05) is 4.47 Å². The number of fused-ring (bicyclic) bond motifs is 1. The number of nitrogens with one attached hydrogen (secondary N) is 1. The largest absolute Gasteiger partial charge is 0.385 e. The van der Waals surface area contributed by atoms with Gasteiger partial charge in [0.25, 0.3) is 0 Å². The first-order chi connectivity index (χ1) is 7.67. The molecule has 1 aromatic carbocycles. The molecular formula is C13H16BrNO. The zero-order valence-electron chi connectivity index (χ0n) is 9.12. The first-order valence-electron chi connectivity index (χ1n) is 5.86. The molecule has 2 atom stereocenters. The standard InChI is InChI=1S/C13H16BrNO/c14-12-3-1-11(2-4-12)13(16)5-9-7-15-8-10(9)6-13/h1-4,9-10,15-16H,5-8H2. The lowest BCUT2D eigenvalue weighted by atomic mass is 9.91. The zero-order chi connectivity index (χ0) is 11.2. The summed E-state index contributed by atoms with van der Waals surface area (Å²) in [6.45, 7) is 2.15. The Bertz CT molecular complexity index is 377. The molecule has 0 aromatic heterocycles. The van der Waals surface area contributed by atoms with Gasteiger partial charge < -0.3 is 10.4 Å². The van der Waals surface area contributed by atoms with Crippen LogP contribution in [0.5, 0.6) is 0 Å². The molecule has 1 aliphatic carbocycles. The van der Waals surface area contributed by atoms with Crippen LogP contribution in [0, 0.1) is 11.8 Å². The molecule has 3 rings (SSSR count). The highest BCUT2D eigenvalue weighted by atomic mass is 79.9. The van der Waals surface area contributed by atoms with E-state index in [0.717, 1.165) is 36.0 Å². The van der Waals surface area contributed by atoms with Crippen molar-refractivity contribution in [1.29, 1.82) is 0 Å². The van der Waals surface area contributed by atoms with Crippen molar-refractivity contribution in [3.05, 3.63) is 34.3 Å².